The van der Waals surface area contributed by atoms with Gasteiger partial charge in [-0.25, -0.2) is 0 Å². The molecule has 3 nitrogen and oxygen atoms in total. The molecule has 0 aliphatic carbocycles. The zero-order chi connectivity index (χ0) is 12.8. The van der Waals surface area contributed by atoms with Crippen LogP contribution < -0.4 is 0 Å². The van der Waals surface area contributed by atoms with E-state index in [0.717, 1.165) is 26.1 Å². The van der Waals surface area contributed by atoms with Crippen LogP contribution in [-0.2, 0) is 16.0 Å². The van der Waals surface area contributed by atoms with Crippen LogP contribution in [0.25, 0.3) is 0 Å². The van der Waals surface area contributed by atoms with E-state index in [-0.39, 0.29) is 6.10 Å². The van der Waals surface area contributed by atoms with Crippen LogP contribution in [0, 0.1) is 0 Å². The van der Waals surface area contributed by atoms with E-state index < -0.39 is 0 Å². The number of morpholine rings is 1. The van der Waals surface area contributed by atoms with Gasteiger partial charge >= 0.3 is 0 Å². The quantitative estimate of drug-likeness (QED) is 0.799. The third kappa shape index (κ3) is 3.55. The Morgan fingerprint density at radius 1 is 1.33 bits per heavy atom. The molecule has 0 amide bonds. The van der Waals surface area contributed by atoms with Crippen molar-refractivity contribution < 1.29 is 9.47 Å². The first-order chi connectivity index (χ1) is 8.83. The summed E-state index contributed by atoms with van der Waals surface area (Å²) in [6.07, 6.45) is 1.34. The smallest absolute Gasteiger partial charge is 0.0935 e. The average molecular weight is 249 g/mol. The molecule has 0 saturated carbocycles. The SMILES string of the molecule is CC[C@H]1CO[C@@H](COC)CN1Cc1ccccc1. The summed E-state index contributed by atoms with van der Waals surface area (Å²) in [5.41, 5.74) is 1.37. The van der Waals surface area contributed by atoms with Crippen molar-refractivity contribution in [1.29, 1.82) is 0 Å². The molecule has 1 saturated heterocycles. The molecule has 0 bridgehead atoms. The first-order valence-electron chi connectivity index (χ1n) is 6.72. The summed E-state index contributed by atoms with van der Waals surface area (Å²) < 4.78 is 11.0. The summed E-state index contributed by atoms with van der Waals surface area (Å²) in [5.74, 6) is 0. The van der Waals surface area contributed by atoms with Crippen molar-refractivity contribution >= 4 is 0 Å². The predicted octanol–water partition coefficient (Wildman–Crippen LogP) is 2.31. The second-order valence-corrected chi connectivity index (χ2v) is 4.89. The Morgan fingerprint density at radius 2 is 2.11 bits per heavy atom. The third-order valence-corrected chi connectivity index (χ3v) is 3.53. The molecule has 1 aromatic carbocycles. The van der Waals surface area contributed by atoms with Gasteiger partial charge in [0.15, 0.2) is 0 Å². The second kappa shape index (κ2) is 6.88. The van der Waals surface area contributed by atoms with Crippen molar-refractivity contribution in [2.24, 2.45) is 0 Å². The Kier molecular flexibility index (Phi) is 5.17. The molecule has 1 aromatic rings. The Hall–Kier alpha value is -0.900. The molecule has 1 fully saturated rings. The monoisotopic (exact) mass is 249 g/mol. The molecule has 0 N–H and O–H groups in total. The van der Waals surface area contributed by atoms with E-state index in [1.54, 1.807) is 7.11 Å². The highest BCUT2D eigenvalue weighted by molar-refractivity contribution is 5.14. The highest BCUT2D eigenvalue weighted by Gasteiger charge is 2.27. The van der Waals surface area contributed by atoms with E-state index >= 15 is 0 Å². The maximum atomic E-state index is 5.82. The van der Waals surface area contributed by atoms with Gasteiger partial charge in [-0.1, -0.05) is 37.3 Å². The number of benzene rings is 1. The number of nitrogens with zero attached hydrogens (tertiary/aromatic N) is 1. The summed E-state index contributed by atoms with van der Waals surface area (Å²) in [4.78, 5) is 2.52. The largest absolute Gasteiger partial charge is 0.382 e. The molecule has 0 radical (unpaired) electrons. The molecule has 1 heterocycles. The van der Waals surface area contributed by atoms with E-state index in [0.29, 0.717) is 12.6 Å². The lowest BCUT2D eigenvalue weighted by Crippen LogP contribution is -2.50. The molecule has 1 aliphatic rings. The number of ether oxygens (including phenoxy) is 2. The predicted molar refractivity (Wildman–Crippen MR) is 72.5 cm³/mol. The molecular weight excluding hydrogens is 226 g/mol. The maximum Gasteiger partial charge on any atom is 0.0935 e. The Bertz CT molecular complexity index is 342. The van der Waals surface area contributed by atoms with Gasteiger partial charge in [0.05, 0.1) is 19.3 Å². The average Bonchev–Trinajstić information content (AvgIpc) is 2.41. The standard InChI is InChI=1S/C15H23NO2/c1-3-14-11-18-15(12-17-2)10-16(14)9-13-7-5-4-6-8-13/h4-8,14-15H,3,9-12H2,1-2H3/t14-,15+/m0/s1. The van der Waals surface area contributed by atoms with Gasteiger partial charge in [-0.3, -0.25) is 4.90 Å². The van der Waals surface area contributed by atoms with Crippen molar-refractivity contribution in [3.8, 4) is 0 Å². The summed E-state index contributed by atoms with van der Waals surface area (Å²) in [6.45, 7) is 5.69. The fraction of sp³-hybridized carbons (Fsp3) is 0.600. The van der Waals surface area contributed by atoms with Gasteiger partial charge in [-0.05, 0) is 12.0 Å². The zero-order valence-electron chi connectivity index (χ0n) is 11.3. The van der Waals surface area contributed by atoms with Crippen LogP contribution in [0.1, 0.15) is 18.9 Å². The number of rotatable bonds is 5. The Labute approximate surface area is 110 Å². The highest BCUT2D eigenvalue weighted by atomic mass is 16.5. The fourth-order valence-electron chi connectivity index (χ4n) is 2.49. The summed E-state index contributed by atoms with van der Waals surface area (Å²) >= 11 is 0. The minimum Gasteiger partial charge on any atom is -0.382 e. The van der Waals surface area contributed by atoms with Gasteiger partial charge < -0.3 is 9.47 Å². The van der Waals surface area contributed by atoms with Gasteiger partial charge in [0, 0.05) is 26.2 Å². The first kappa shape index (κ1) is 13.5. The third-order valence-electron chi connectivity index (χ3n) is 3.53. The molecule has 2 atom stereocenters. The van der Waals surface area contributed by atoms with Crippen molar-refractivity contribution in [3.05, 3.63) is 35.9 Å². The number of hydrogen-bond donors (Lipinski definition) is 0. The van der Waals surface area contributed by atoms with Crippen molar-refractivity contribution in [2.75, 3.05) is 26.9 Å². The molecule has 0 unspecified atom stereocenters. The van der Waals surface area contributed by atoms with Crippen LogP contribution >= 0.6 is 0 Å². The van der Waals surface area contributed by atoms with Gasteiger partial charge in [-0.2, -0.15) is 0 Å². The van der Waals surface area contributed by atoms with Crippen LogP contribution in [-0.4, -0.2) is 43.9 Å². The van der Waals surface area contributed by atoms with Crippen LogP contribution in [0.3, 0.4) is 0 Å². The van der Waals surface area contributed by atoms with Crippen molar-refractivity contribution in [2.45, 2.75) is 32.0 Å². The zero-order valence-corrected chi connectivity index (χ0v) is 11.3. The molecule has 0 aromatic heterocycles. The lowest BCUT2D eigenvalue weighted by molar-refractivity contribution is -0.0916. The number of methoxy groups -OCH3 is 1. The highest BCUT2D eigenvalue weighted by Crippen LogP contribution is 2.18. The molecule has 0 spiro atoms. The van der Waals surface area contributed by atoms with E-state index in [9.17, 15) is 0 Å². The molecular formula is C15H23NO2. The second-order valence-electron chi connectivity index (χ2n) is 4.89. The topological polar surface area (TPSA) is 21.7 Å². The van der Waals surface area contributed by atoms with E-state index in [4.69, 9.17) is 9.47 Å². The van der Waals surface area contributed by atoms with E-state index in [1.807, 2.05) is 0 Å². The number of hydrogen-bond acceptors (Lipinski definition) is 3. The molecule has 3 heteroatoms. The Balaban J connectivity index is 1.98. The van der Waals surface area contributed by atoms with E-state index in [2.05, 4.69) is 42.2 Å². The minimum absolute atomic E-state index is 0.210. The molecule has 100 valence electrons. The van der Waals surface area contributed by atoms with E-state index in [1.165, 1.54) is 5.56 Å². The van der Waals surface area contributed by atoms with Gasteiger partial charge in [0.1, 0.15) is 0 Å². The summed E-state index contributed by atoms with van der Waals surface area (Å²) in [6, 6.07) is 11.2. The van der Waals surface area contributed by atoms with Crippen LogP contribution in [0.2, 0.25) is 0 Å². The van der Waals surface area contributed by atoms with Gasteiger partial charge in [0.2, 0.25) is 0 Å². The van der Waals surface area contributed by atoms with Gasteiger partial charge in [0.25, 0.3) is 0 Å². The van der Waals surface area contributed by atoms with Crippen LogP contribution in [0.5, 0.6) is 0 Å². The van der Waals surface area contributed by atoms with Crippen LogP contribution in [0.15, 0.2) is 30.3 Å². The van der Waals surface area contributed by atoms with Crippen LogP contribution in [0.4, 0.5) is 0 Å². The normalized spacial score (nSPS) is 25.2. The lowest BCUT2D eigenvalue weighted by Gasteiger charge is -2.39. The molecule has 1 aliphatic heterocycles. The van der Waals surface area contributed by atoms with Gasteiger partial charge in [-0.15, -0.1) is 0 Å². The van der Waals surface area contributed by atoms with Crippen molar-refractivity contribution in [3.63, 3.8) is 0 Å². The molecule has 18 heavy (non-hydrogen) atoms. The molecule has 2 rings (SSSR count). The fourth-order valence-corrected chi connectivity index (χ4v) is 2.49. The summed E-state index contributed by atoms with van der Waals surface area (Å²) in [5, 5.41) is 0. The minimum atomic E-state index is 0.210. The summed E-state index contributed by atoms with van der Waals surface area (Å²) in [7, 11) is 1.73. The Morgan fingerprint density at radius 3 is 2.78 bits per heavy atom. The first-order valence-corrected chi connectivity index (χ1v) is 6.72. The van der Waals surface area contributed by atoms with Crippen molar-refractivity contribution in [1.82, 2.24) is 4.90 Å². The maximum absolute atomic E-state index is 5.82. The lowest BCUT2D eigenvalue weighted by atomic mass is 10.1.